The van der Waals surface area contributed by atoms with E-state index in [1.807, 2.05) is 0 Å². The summed E-state index contributed by atoms with van der Waals surface area (Å²) in [6.45, 7) is 4.79. The summed E-state index contributed by atoms with van der Waals surface area (Å²) in [5, 5.41) is 8.96. The third-order valence-corrected chi connectivity index (χ3v) is 4.86. The summed E-state index contributed by atoms with van der Waals surface area (Å²) < 4.78 is 0. The SMILES string of the molecule is CCCCCCCCCCCCCCCCCCC(C)CO. The van der Waals surface area contributed by atoms with Crippen LogP contribution in [-0.2, 0) is 0 Å². The molecule has 1 unspecified atom stereocenters. The van der Waals surface area contributed by atoms with Gasteiger partial charge in [-0.15, -0.1) is 0 Å². The van der Waals surface area contributed by atoms with Crippen molar-refractivity contribution in [2.45, 2.75) is 123 Å². The summed E-state index contributed by atoms with van der Waals surface area (Å²) in [5.41, 5.74) is 0. The summed E-state index contributed by atoms with van der Waals surface area (Å²) in [6, 6.07) is 0. The second-order valence-corrected chi connectivity index (χ2v) is 7.38. The molecular weight excluding hydrogens is 268 g/mol. The van der Waals surface area contributed by atoms with Crippen molar-refractivity contribution in [3.63, 3.8) is 0 Å². The molecule has 1 heteroatoms. The lowest BCUT2D eigenvalue weighted by atomic mass is 10.0. The molecule has 0 spiro atoms. The van der Waals surface area contributed by atoms with Gasteiger partial charge in [0.1, 0.15) is 0 Å². The Bertz CT molecular complexity index is 190. The van der Waals surface area contributed by atoms with Crippen LogP contribution in [0.4, 0.5) is 0 Å². The molecule has 1 N–H and O–H groups in total. The van der Waals surface area contributed by atoms with Crippen LogP contribution in [0.5, 0.6) is 0 Å². The van der Waals surface area contributed by atoms with E-state index in [1.165, 1.54) is 109 Å². The number of hydrogen-bond donors (Lipinski definition) is 1. The molecule has 1 nitrogen and oxygen atoms in total. The number of aliphatic hydroxyl groups excluding tert-OH is 1. The second-order valence-electron chi connectivity index (χ2n) is 7.38. The topological polar surface area (TPSA) is 20.2 Å². The zero-order valence-corrected chi connectivity index (χ0v) is 15.8. The minimum atomic E-state index is 0.360. The van der Waals surface area contributed by atoms with Crippen molar-refractivity contribution in [2.24, 2.45) is 5.92 Å². The van der Waals surface area contributed by atoms with Crippen LogP contribution in [0.1, 0.15) is 123 Å². The molecule has 0 fully saturated rings. The van der Waals surface area contributed by atoms with Crippen molar-refractivity contribution in [1.82, 2.24) is 0 Å². The number of unbranched alkanes of at least 4 members (excludes halogenated alkanes) is 15. The summed E-state index contributed by atoms with van der Waals surface area (Å²) in [4.78, 5) is 0. The Morgan fingerprint density at radius 3 is 1.18 bits per heavy atom. The molecule has 1 atom stereocenters. The molecule has 0 radical (unpaired) electrons. The lowest BCUT2D eigenvalue weighted by molar-refractivity contribution is 0.227. The van der Waals surface area contributed by atoms with Crippen LogP contribution >= 0.6 is 0 Å². The standard InChI is InChI=1S/C21H44O/c1-3-4-5-6-7-8-9-10-11-12-13-14-15-16-17-18-19-21(2)20-22/h21-22H,3-20H2,1-2H3. The van der Waals surface area contributed by atoms with E-state index in [1.54, 1.807) is 0 Å². The molecule has 0 rings (SSSR count). The van der Waals surface area contributed by atoms with Gasteiger partial charge in [0.2, 0.25) is 0 Å². The van der Waals surface area contributed by atoms with Gasteiger partial charge in [-0.25, -0.2) is 0 Å². The molecule has 134 valence electrons. The highest BCUT2D eigenvalue weighted by atomic mass is 16.3. The van der Waals surface area contributed by atoms with Gasteiger partial charge in [0.25, 0.3) is 0 Å². The zero-order chi connectivity index (χ0) is 16.3. The van der Waals surface area contributed by atoms with Gasteiger partial charge in [0.05, 0.1) is 0 Å². The maximum atomic E-state index is 8.96. The third-order valence-electron chi connectivity index (χ3n) is 4.86. The first-order chi connectivity index (χ1) is 10.8. The first kappa shape index (κ1) is 22.0. The Morgan fingerprint density at radius 2 is 0.864 bits per heavy atom. The highest BCUT2D eigenvalue weighted by Gasteiger charge is 1.99. The second kappa shape index (κ2) is 19.0. The van der Waals surface area contributed by atoms with Gasteiger partial charge >= 0.3 is 0 Å². The monoisotopic (exact) mass is 312 g/mol. The molecule has 0 aromatic heterocycles. The van der Waals surface area contributed by atoms with Crippen LogP contribution in [-0.4, -0.2) is 11.7 Å². The molecule has 0 aromatic rings. The van der Waals surface area contributed by atoms with E-state index in [0.29, 0.717) is 12.5 Å². The van der Waals surface area contributed by atoms with Gasteiger partial charge in [-0.3, -0.25) is 0 Å². The zero-order valence-electron chi connectivity index (χ0n) is 15.8. The molecule has 0 aliphatic carbocycles. The molecule has 0 saturated carbocycles. The number of aliphatic hydroxyl groups is 1. The number of hydrogen-bond acceptors (Lipinski definition) is 1. The van der Waals surface area contributed by atoms with Gasteiger partial charge < -0.3 is 5.11 Å². The molecule has 0 aliphatic heterocycles. The van der Waals surface area contributed by atoms with Crippen LogP contribution in [0.15, 0.2) is 0 Å². The van der Waals surface area contributed by atoms with E-state index in [-0.39, 0.29) is 0 Å². The Morgan fingerprint density at radius 1 is 0.545 bits per heavy atom. The molecule has 0 aromatic carbocycles. The smallest absolute Gasteiger partial charge is 0.0456 e. The number of rotatable bonds is 18. The Balaban J connectivity index is 2.97. The largest absolute Gasteiger partial charge is 0.396 e. The fourth-order valence-electron chi connectivity index (χ4n) is 3.13. The summed E-state index contributed by atoms with van der Waals surface area (Å²) in [7, 11) is 0. The third kappa shape index (κ3) is 18.0. The van der Waals surface area contributed by atoms with Gasteiger partial charge in [0.15, 0.2) is 0 Å². The predicted molar refractivity (Wildman–Crippen MR) is 100 cm³/mol. The molecule has 22 heavy (non-hydrogen) atoms. The van der Waals surface area contributed by atoms with Crippen molar-refractivity contribution < 1.29 is 5.11 Å². The molecular formula is C21H44O. The van der Waals surface area contributed by atoms with Crippen LogP contribution in [0.2, 0.25) is 0 Å². The first-order valence-electron chi connectivity index (χ1n) is 10.4. The highest BCUT2D eigenvalue weighted by Crippen LogP contribution is 2.15. The first-order valence-corrected chi connectivity index (χ1v) is 10.4. The Kier molecular flexibility index (Phi) is 19.0. The quantitative estimate of drug-likeness (QED) is 0.264. The average molecular weight is 313 g/mol. The van der Waals surface area contributed by atoms with Crippen molar-refractivity contribution in [3.8, 4) is 0 Å². The molecule has 0 amide bonds. The van der Waals surface area contributed by atoms with Crippen LogP contribution in [0, 0.1) is 5.92 Å². The molecule has 0 bridgehead atoms. The maximum absolute atomic E-state index is 8.96. The van der Waals surface area contributed by atoms with E-state index in [0.717, 1.165) is 0 Å². The average Bonchev–Trinajstić information content (AvgIpc) is 2.54. The van der Waals surface area contributed by atoms with E-state index in [2.05, 4.69) is 13.8 Å². The maximum Gasteiger partial charge on any atom is 0.0456 e. The van der Waals surface area contributed by atoms with E-state index < -0.39 is 0 Å². The van der Waals surface area contributed by atoms with Gasteiger partial charge in [-0.2, -0.15) is 0 Å². The van der Waals surface area contributed by atoms with Gasteiger partial charge in [-0.05, 0) is 12.3 Å². The lowest BCUT2D eigenvalue weighted by Gasteiger charge is -2.07. The molecule has 0 saturated heterocycles. The van der Waals surface area contributed by atoms with E-state index in [4.69, 9.17) is 5.11 Å². The Hall–Kier alpha value is -0.0400. The van der Waals surface area contributed by atoms with Crippen LogP contribution in [0.3, 0.4) is 0 Å². The predicted octanol–water partition coefficient (Wildman–Crippen LogP) is 7.27. The minimum absolute atomic E-state index is 0.360. The van der Waals surface area contributed by atoms with Crippen molar-refractivity contribution in [2.75, 3.05) is 6.61 Å². The summed E-state index contributed by atoms with van der Waals surface area (Å²) in [6.07, 6.45) is 24.1. The van der Waals surface area contributed by atoms with Gasteiger partial charge in [0, 0.05) is 6.61 Å². The summed E-state index contributed by atoms with van der Waals surface area (Å²) in [5.74, 6) is 0.506. The van der Waals surface area contributed by atoms with Crippen molar-refractivity contribution in [1.29, 1.82) is 0 Å². The van der Waals surface area contributed by atoms with Crippen molar-refractivity contribution in [3.05, 3.63) is 0 Å². The van der Waals surface area contributed by atoms with Crippen LogP contribution in [0.25, 0.3) is 0 Å². The van der Waals surface area contributed by atoms with Crippen molar-refractivity contribution >= 4 is 0 Å². The molecule has 0 aliphatic rings. The minimum Gasteiger partial charge on any atom is -0.396 e. The van der Waals surface area contributed by atoms with E-state index >= 15 is 0 Å². The highest BCUT2D eigenvalue weighted by molar-refractivity contribution is 4.52. The fraction of sp³-hybridized carbons (Fsp3) is 1.00. The normalized spacial score (nSPS) is 12.7. The van der Waals surface area contributed by atoms with E-state index in [9.17, 15) is 0 Å². The van der Waals surface area contributed by atoms with Gasteiger partial charge in [-0.1, -0.05) is 117 Å². The van der Waals surface area contributed by atoms with Crippen LogP contribution < -0.4 is 0 Å². The molecule has 0 heterocycles. The fourth-order valence-corrected chi connectivity index (χ4v) is 3.13. The summed E-state index contributed by atoms with van der Waals surface area (Å²) >= 11 is 0. The Labute approximate surface area is 141 Å². The lowest BCUT2D eigenvalue weighted by Crippen LogP contribution is -1.99.